The number of rotatable bonds is 6. The quantitative estimate of drug-likeness (QED) is 0.527. The van der Waals surface area contributed by atoms with Crippen molar-refractivity contribution >= 4 is 11.6 Å². The first kappa shape index (κ1) is 19.1. The van der Waals surface area contributed by atoms with E-state index in [2.05, 4.69) is 25.8 Å². The van der Waals surface area contributed by atoms with Gasteiger partial charge >= 0.3 is 0 Å². The van der Waals surface area contributed by atoms with Crippen LogP contribution < -0.4 is 14.8 Å². The molecular weight excluding hydrogens is 384 g/mol. The van der Waals surface area contributed by atoms with Gasteiger partial charge in [0.05, 0.1) is 24.7 Å². The molecule has 0 aliphatic carbocycles. The maximum Gasteiger partial charge on any atom is 0.255 e. The van der Waals surface area contributed by atoms with E-state index in [1.165, 1.54) is 17.2 Å². The van der Waals surface area contributed by atoms with Gasteiger partial charge in [-0.15, -0.1) is 5.10 Å². The highest BCUT2D eigenvalue weighted by Crippen LogP contribution is 2.31. The summed E-state index contributed by atoms with van der Waals surface area (Å²) in [5.41, 5.74) is 2.75. The lowest BCUT2D eigenvalue weighted by Gasteiger charge is -2.11. The van der Waals surface area contributed by atoms with Crippen LogP contribution in [-0.2, 0) is 0 Å². The Kier molecular flexibility index (Phi) is 5.33. The molecule has 0 radical (unpaired) electrons. The smallest absolute Gasteiger partial charge is 0.255 e. The summed E-state index contributed by atoms with van der Waals surface area (Å²) in [4.78, 5) is 16.8. The van der Waals surface area contributed by atoms with Crippen LogP contribution in [0.25, 0.3) is 5.69 Å². The maximum atomic E-state index is 12.6. The highest BCUT2D eigenvalue weighted by Gasteiger charge is 2.10. The number of hydrogen-bond donors (Lipinski definition) is 1. The molecule has 1 N–H and O–H groups in total. The monoisotopic (exact) mass is 402 g/mol. The van der Waals surface area contributed by atoms with Crippen LogP contribution in [0.5, 0.6) is 17.4 Å². The molecule has 9 nitrogen and oxygen atoms in total. The molecule has 0 saturated heterocycles. The number of aromatic nitrogens is 5. The van der Waals surface area contributed by atoms with E-state index < -0.39 is 0 Å². The van der Waals surface area contributed by atoms with Crippen molar-refractivity contribution in [1.82, 2.24) is 25.2 Å². The van der Waals surface area contributed by atoms with E-state index in [4.69, 9.17) is 9.47 Å². The van der Waals surface area contributed by atoms with Crippen LogP contribution in [-0.4, -0.2) is 38.2 Å². The minimum atomic E-state index is -0.277. The van der Waals surface area contributed by atoms with E-state index in [0.717, 1.165) is 5.56 Å². The van der Waals surface area contributed by atoms with E-state index >= 15 is 0 Å². The van der Waals surface area contributed by atoms with E-state index in [-0.39, 0.29) is 5.91 Å². The van der Waals surface area contributed by atoms with Gasteiger partial charge in [0.2, 0.25) is 5.88 Å². The summed E-state index contributed by atoms with van der Waals surface area (Å²) in [5.74, 6) is 1.29. The molecule has 2 aromatic carbocycles. The average molecular weight is 402 g/mol. The van der Waals surface area contributed by atoms with E-state index in [1.807, 2.05) is 25.1 Å². The van der Waals surface area contributed by atoms with Gasteiger partial charge in [-0.25, -0.2) is 9.67 Å². The van der Waals surface area contributed by atoms with Crippen LogP contribution in [0.4, 0.5) is 5.69 Å². The molecule has 0 unspecified atom stereocenters. The van der Waals surface area contributed by atoms with Crippen LogP contribution in [0, 0.1) is 6.92 Å². The molecule has 0 fully saturated rings. The number of aryl methyl sites for hydroxylation is 1. The number of carbonyl (C=O) groups excluding carboxylic acids is 1. The lowest BCUT2D eigenvalue weighted by Crippen LogP contribution is -2.12. The lowest BCUT2D eigenvalue weighted by atomic mass is 10.2. The van der Waals surface area contributed by atoms with E-state index in [1.54, 1.807) is 43.5 Å². The number of methoxy groups -OCH3 is 1. The Labute approximate surface area is 172 Å². The Bertz CT molecular complexity index is 1160. The Morgan fingerprint density at radius 2 is 1.97 bits per heavy atom. The second kappa shape index (κ2) is 8.39. The predicted molar refractivity (Wildman–Crippen MR) is 109 cm³/mol. The van der Waals surface area contributed by atoms with Gasteiger partial charge in [0, 0.05) is 11.6 Å². The summed E-state index contributed by atoms with van der Waals surface area (Å²) in [6, 6.07) is 16.0. The first-order chi connectivity index (χ1) is 14.6. The van der Waals surface area contributed by atoms with Gasteiger partial charge in [0.1, 0.15) is 6.33 Å². The summed E-state index contributed by atoms with van der Waals surface area (Å²) in [5, 5.41) is 13.8. The molecule has 150 valence electrons. The van der Waals surface area contributed by atoms with Gasteiger partial charge in [-0.05, 0) is 59.3 Å². The molecule has 1 amide bonds. The average Bonchev–Trinajstić information content (AvgIpc) is 3.31. The number of benzene rings is 2. The molecule has 0 bridgehead atoms. The number of tetrazole rings is 1. The molecule has 9 heteroatoms. The van der Waals surface area contributed by atoms with Crippen molar-refractivity contribution < 1.29 is 14.3 Å². The number of ether oxygens (including phenoxy) is 2. The van der Waals surface area contributed by atoms with Crippen molar-refractivity contribution in [3.05, 3.63) is 78.2 Å². The van der Waals surface area contributed by atoms with Crippen molar-refractivity contribution in [2.45, 2.75) is 6.92 Å². The zero-order valence-corrected chi connectivity index (χ0v) is 16.3. The molecule has 4 aromatic rings. The summed E-state index contributed by atoms with van der Waals surface area (Å²) in [6.07, 6.45) is 2.99. The van der Waals surface area contributed by atoms with Gasteiger partial charge in [-0.2, -0.15) is 0 Å². The Morgan fingerprint density at radius 1 is 1.07 bits per heavy atom. The molecule has 0 aliphatic heterocycles. The van der Waals surface area contributed by atoms with Crippen molar-refractivity contribution in [3.63, 3.8) is 0 Å². The molecule has 2 heterocycles. The van der Waals surface area contributed by atoms with Gasteiger partial charge in [0.25, 0.3) is 5.91 Å². The fourth-order valence-corrected chi connectivity index (χ4v) is 2.76. The van der Waals surface area contributed by atoms with Gasteiger partial charge < -0.3 is 14.8 Å². The zero-order valence-electron chi connectivity index (χ0n) is 16.3. The lowest BCUT2D eigenvalue weighted by molar-refractivity contribution is 0.102. The largest absolute Gasteiger partial charge is 0.493 e. The van der Waals surface area contributed by atoms with Gasteiger partial charge in [0.15, 0.2) is 11.5 Å². The van der Waals surface area contributed by atoms with Crippen LogP contribution in [0.15, 0.2) is 67.1 Å². The van der Waals surface area contributed by atoms with Crippen LogP contribution in [0.2, 0.25) is 0 Å². The molecule has 30 heavy (non-hydrogen) atoms. The molecule has 0 atom stereocenters. The summed E-state index contributed by atoms with van der Waals surface area (Å²) < 4.78 is 12.6. The van der Waals surface area contributed by atoms with Crippen LogP contribution >= 0.6 is 0 Å². The number of hydrogen-bond acceptors (Lipinski definition) is 7. The number of nitrogens with one attached hydrogen (secondary N) is 1. The van der Waals surface area contributed by atoms with Crippen molar-refractivity contribution in [2.75, 3.05) is 12.4 Å². The van der Waals surface area contributed by atoms with Crippen molar-refractivity contribution in [2.24, 2.45) is 0 Å². The number of amides is 1. The zero-order chi connectivity index (χ0) is 20.9. The first-order valence-electron chi connectivity index (χ1n) is 9.06. The molecule has 2 aromatic heterocycles. The second-order valence-electron chi connectivity index (χ2n) is 6.40. The third-order valence-corrected chi connectivity index (χ3v) is 4.25. The maximum absolute atomic E-state index is 12.6. The van der Waals surface area contributed by atoms with Gasteiger partial charge in [-0.1, -0.05) is 12.1 Å². The summed E-state index contributed by atoms with van der Waals surface area (Å²) >= 11 is 0. The molecule has 0 aliphatic rings. The van der Waals surface area contributed by atoms with E-state index in [0.29, 0.717) is 34.3 Å². The summed E-state index contributed by atoms with van der Waals surface area (Å²) in [6.45, 7) is 1.97. The Hall–Kier alpha value is -4.27. The second-order valence-corrected chi connectivity index (χ2v) is 6.40. The van der Waals surface area contributed by atoms with Crippen LogP contribution in [0.3, 0.4) is 0 Å². The SMILES string of the molecule is COc1cc(C)ccc1Oc1ccc(NC(=O)c2cccc(-n3cnnn3)c2)cn1. The summed E-state index contributed by atoms with van der Waals surface area (Å²) in [7, 11) is 1.59. The topological polar surface area (TPSA) is 104 Å². The molecular formula is C21H18N6O3. The standard InChI is InChI=1S/C21H18N6O3/c1-14-6-8-18(19(10-14)29-2)30-20-9-7-16(12-22-20)24-21(28)15-4-3-5-17(11-15)27-13-23-25-26-27/h3-13H,1-2H3,(H,24,28). The molecule has 0 saturated carbocycles. The Morgan fingerprint density at radius 3 is 2.70 bits per heavy atom. The minimum absolute atomic E-state index is 0.277. The van der Waals surface area contributed by atoms with E-state index in [9.17, 15) is 4.79 Å². The number of pyridine rings is 1. The normalized spacial score (nSPS) is 10.5. The number of nitrogens with zero attached hydrogens (tertiary/aromatic N) is 5. The van der Waals surface area contributed by atoms with Crippen molar-refractivity contribution in [1.29, 1.82) is 0 Å². The fourth-order valence-electron chi connectivity index (χ4n) is 2.76. The third-order valence-electron chi connectivity index (χ3n) is 4.25. The fraction of sp³-hybridized carbons (Fsp3) is 0.0952. The highest BCUT2D eigenvalue weighted by atomic mass is 16.5. The van der Waals surface area contributed by atoms with Gasteiger partial charge in [-0.3, -0.25) is 4.79 Å². The number of carbonyl (C=O) groups is 1. The molecule has 0 spiro atoms. The van der Waals surface area contributed by atoms with Crippen molar-refractivity contribution in [3.8, 4) is 23.1 Å². The Balaban J connectivity index is 1.45. The first-order valence-corrected chi connectivity index (χ1v) is 9.06. The number of anilines is 1. The van der Waals surface area contributed by atoms with Crippen LogP contribution in [0.1, 0.15) is 15.9 Å². The minimum Gasteiger partial charge on any atom is -0.493 e. The highest BCUT2D eigenvalue weighted by molar-refractivity contribution is 6.04. The molecule has 4 rings (SSSR count). The third kappa shape index (κ3) is 4.25. The predicted octanol–water partition coefficient (Wildman–Crippen LogP) is 3.42.